The van der Waals surface area contributed by atoms with Crippen molar-refractivity contribution in [1.29, 1.82) is 0 Å². The van der Waals surface area contributed by atoms with Crippen molar-refractivity contribution in [3.63, 3.8) is 0 Å². The molecule has 0 aromatic heterocycles. The highest BCUT2D eigenvalue weighted by atomic mass is 35.5. The lowest BCUT2D eigenvalue weighted by Gasteiger charge is -2.20. The number of benzene rings is 1. The molecular formula is C15H20ClNO. The second-order valence-electron chi connectivity index (χ2n) is 5.52. The summed E-state index contributed by atoms with van der Waals surface area (Å²) in [5.41, 5.74) is 2.60. The third-order valence-electron chi connectivity index (χ3n) is 4.08. The van der Waals surface area contributed by atoms with Gasteiger partial charge in [-0.15, -0.1) is 0 Å². The smallest absolute Gasteiger partial charge is 0.0757 e. The maximum Gasteiger partial charge on any atom is 0.0757 e. The van der Waals surface area contributed by atoms with Crippen LogP contribution < -0.4 is 5.32 Å². The van der Waals surface area contributed by atoms with Gasteiger partial charge in [-0.3, -0.25) is 0 Å². The zero-order valence-electron chi connectivity index (χ0n) is 10.8. The molecule has 0 spiro atoms. The average Bonchev–Trinajstić information content (AvgIpc) is 3.08. The van der Waals surface area contributed by atoms with Gasteiger partial charge in [0.15, 0.2) is 0 Å². The van der Waals surface area contributed by atoms with Gasteiger partial charge in [-0.05, 0) is 55.4 Å². The summed E-state index contributed by atoms with van der Waals surface area (Å²) >= 11 is 5.98. The molecule has 2 nitrogen and oxygen atoms in total. The number of ether oxygens (including phenoxy) is 1. The van der Waals surface area contributed by atoms with Crippen molar-refractivity contribution in [3.05, 3.63) is 34.3 Å². The van der Waals surface area contributed by atoms with Crippen molar-refractivity contribution in [2.75, 3.05) is 6.61 Å². The molecule has 1 aliphatic heterocycles. The standard InChI is InChI=1S/C15H20ClNO/c1-10-8-13(16)5-4-12(10)9-17-14-6-7-18-15(14)11-2-3-11/h4-5,8,11,14-15,17H,2-3,6-7,9H2,1H3. The Hall–Kier alpha value is -0.570. The first-order valence-corrected chi connectivity index (χ1v) is 7.22. The van der Waals surface area contributed by atoms with E-state index in [2.05, 4.69) is 18.3 Å². The predicted octanol–water partition coefficient (Wildman–Crippen LogP) is 3.31. The molecule has 1 N–H and O–H groups in total. The van der Waals surface area contributed by atoms with Gasteiger partial charge in [0.1, 0.15) is 0 Å². The van der Waals surface area contributed by atoms with Crippen molar-refractivity contribution in [2.24, 2.45) is 5.92 Å². The van der Waals surface area contributed by atoms with Crippen LogP contribution in [0.15, 0.2) is 18.2 Å². The van der Waals surface area contributed by atoms with Gasteiger partial charge in [-0.1, -0.05) is 17.7 Å². The van der Waals surface area contributed by atoms with E-state index in [0.29, 0.717) is 12.1 Å². The Kier molecular flexibility index (Phi) is 3.60. The number of aryl methyl sites for hydroxylation is 1. The summed E-state index contributed by atoms with van der Waals surface area (Å²) < 4.78 is 5.84. The lowest BCUT2D eigenvalue weighted by atomic mass is 10.0. The van der Waals surface area contributed by atoms with Crippen LogP contribution in [-0.2, 0) is 11.3 Å². The van der Waals surface area contributed by atoms with E-state index in [9.17, 15) is 0 Å². The Morgan fingerprint density at radius 1 is 1.33 bits per heavy atom. The summed E-state index contributed by atoms with van der Waals surface area (Å²) in [4.78, 5) is 0. The van der Waals surface area contributed by atoms with E-state index in [1.54, 1.807) is 0 Å². The highest BCUT2D eigenvalue weighted by Gasteiger charge is 2.40. The maximum atomic E-state index is 5.98. The number of halogens is 1. The molecule has 2 aliphatic rings. The predicted molar refractivity (Wildman–Crippen MR) is 73.9 cm³/mol. The van der Waals surface area contributed by atoms with Crippen molar-refractivity contribution < 1.29 is 4.74 Å². The van der Waals surface area contributed by atoms with Gasteiger partial charge < -0.3 is 10.1 Å². The topological polar surface area (TPSA) is 21.3 Å². The van der Waals surface area contributed by atoms with Crippen molar-refractivity contribution >= 4 is 11.6 Å². The van der Waals surface area contributed by atoms with Crippen LogP contribution in [0, 0.1) is 12.8 Å². The fraction of sp³-hybridized carbons (Fsp3) is 0.600. The van der Waals surface area contributed by atoms with Gasteiger partial charge in [-0.25, -0.2) is 0 Å². The van der Waals surface area contributed by atoms with Crippen LogP contribution >= 0.6 is 11.6 Å². The molecule has 1 aliphatic carbocycles. The Balaban J connectivity index is 1.60. The number of nitrogens with one attached hydrogen (secondary N) is 1. The van der Waals surface area contributed by atoms with E-state index in [1.165, 1.54) is 24.0 Å². The van der Waals surface area contributed by atoms with Gasteiger partial charge in [0, 0.05) is 24.2 Å². The molecule has 0 radical (unpaired) electrons. The zero-order chi connectivity index (χ0) is 12.5. The SMILES string of the molecule is Cc1cc(Cl)ccc1CNC1CCOC1C1CC1. The first-order chi connectivity index (χ1) is 8.74. The van der Waals surface area contributed by atoms with Crippen LogP contribution in [-0.4, -0.2) is 18.8 Å². The van der Waals surface area contributed by atoms with E-state index >= 15 is 0 Å². The lowest BCUT2D eigenvalue weighted by molar-refractivity contribution is 0.0809. The summed E-state index contributed by atoms with van der Waals surface area (Å²) in [6.45, 7) is 3.95. The van der Waals surface area contributed by atoms with Gasteiger partial charge in [0.2, 0.25) is 0 Å². The normalized spacial score (nSPS) is 27.7. The van der Waals surface area contributed by atoms with Crippen LogP contribution in [0.1, 0.15) is 30.4 Å². The molecular weight excluding hydrogens is 246 g/mol. The average molecular weight is 266 g/mol. The van der Waals surface area contributed by atoms with Gasteiger partial charge in [0.05, 0.1) is 6.10 Å². The molecule has 3 rings (SSSR count). The monoisotopic (exact) mass is 265 g/mol. The first kappa shape index (κ1) is 12.5. The molecule has 3 heteroatoms. The lowest BCUT2D eigenvalue weighted by Crippen LogP contribution is -2.37. The zero-order valence-corrected chi connectivity index (χ0v) is 11.5. The first-order valence-electron chi connectivity index (χ1n) is 6.84. The second-order valence-corrected chi connectivity index (χ2v) is 5.96. The van der Waals surface area contributed by atoms with Gasteiger partial charge in [-0.2, -0.15) is 0 Å². The molecule has 18 heavy (non-hydrogen) atoms. The second kappa shape index (κ2) is 5.20. The van der Waals surface area contributed by atoms with E-state index in [4.69, 9.17) is 16.3 Å². The molecule has 2 fully saturated rings. The van der Waals surface area contributed by atoms with Crippen molar-refractivity contribution in [2.45, 2.75) is 44.9 Å². The summed E-state index contributed by atoms with van der Waals surface area (Å²) in [5.74, 6) is 0.816. The maximum absolute atomic E-state index is 5.98. The van der Waals surface area contributed by atoms with E-state index in [0.717, 1.165) is 30.5 Å². The Morgan fingerprint density at radius 3 is 2.89 bits per heavy atom. The number of rotatable bonds is 4. The molecule has 2 unspecified atom stereocenters. The molecule has 1 saturated heterocycles. The summed E-state index contributed by atoms with van der Waals surface area (Å²) in [6, 6.07) is 6.65. The van der Waals surface area contributed by atoms with Crippen LogP contribution in [0.4, 0.5) is 0 Å². The molecule has 0 amide bonds. The van der Waals surface area contributed by atoms with Crippen LogP contribution in [0.3, 0.4) is 0 Å². The molecule has 1 aromatic rings. The molecule has 0 bridgehead atoms. The highest BCUT2D eigenvalue weighted by molar-refractivity contribution is 6.30. The number of hydrogen-bond acceptors (Lipinski definition) is 2. The van der Waals surface area contributed by atoms with Crippen molar-refractivity contribution in [3.8, 4) is 0 Å². The van der Waals surface area contributed by atoms with Crippen LogP contribution in [0.5, 0.6) is 0 Å². The Bertz CT molecular complexity index is 431. The summed E-state index contributed by atoms with van der Waals surface area (Å²) in [7, 11) is 0. The Labute approximate surface area is 114 Å². The van der Waals surface area contributed by atoms with E-state index in [1.807, 2.05) is 12.1 Å². The largest absolute Gasteiger partial charge is 0.376 e. The number of hydrogen-bond donors (Lipinski definition) is 1. The molecule has 2 atom stereocenters. The third-order valence-corrected chi connectivity index (χ3v) is 4.32. The van der Waals surface area contributed by atoms with Crippen molar-refractivity contribution in [1.82, 2.24) is 5.32 Å². The highest BCUT2D eigenvalue weighted by Crippen LogP contribution is 2.38. The quantitative estimate of drug-likeness (QED) is 0.902. The van der Waals surface area contributed by atoms with E-state index < -0.39 is 0 Å². The summed E-state index contributed by atoms with van der Waals surface area (Å²) in [5, 5.41) is 4.48. The van der Waals surface area contributed by atoms with Gasteiger partial charge in [0.25, 0.3) is 0 Å². The third kappa shape index (κ3) is 2.71. The fourth-order valence-corrected chi connectivity index (χ4v) is 3.04. The minimum Gasteiger partial charge on any atom is -0.376 e. The molecule has 98 valence electrons. The molecule has 1 saturated carbocycles. The summed E-state index contributed by atoms with van der Waals surface area (Å²) in [6.07, 6.45) is 4.30. The minimum atomic E-state index is 0.456. The fourth-order valence-electron chi connectivity index (χ4n) is 2.82. The molecule has 1 heterocycles. The van der Waals surface area contributed by atoms with Crippen LogP contribution in [0.25, 0.3) is 0 Å². The van der Waals surface area contributed by atoms with Crippen LogP contribution in [0.2, 0.25) is 5.02 Å². The van der Waals surface area contributed by atoms with Gasteiger partial charge >= 0.3 is 0 Å². The molecule has 1 aromatic carbocycles. The minimum absolute atomic E-state index is 0.456. The van der Waals surface area contributed by atoms with E-state index in [-0.39, 0.29) is 0 Å². The Morgan fingerprint density at radius 2 is 2.17 bits per heavy atom.